The number of pyridine rings is 1. The van der Waals surface area contributed by atoms with Crippen LogP contribution in [-0.4, -0.2) is 70.7 Å². The highest BCUT2D eigenvalue weighted by Gasteiger charge is 2.51. The fraction of sp³-hybridized carbons (Fsp3) is 0.481. The summed E-state index contributed by atoms with van der Waals surface area (Å²) < 4.78 is 39.3. The Hall–Kier alpha value is -3.43. The summed E-state index contributed by atoms with van der Waals surface area (Å²) in [6.45, 7) is 2.16. The molecule has 3 fully saturated rings. The van der Waals surface area contributed by atoms with Crippen molar-refractivity contribution in [2.45, 2.75) is 43.8 Å². The molecule has 2 saturated carbocycles. The van der Waals surface area contributed by atoms with Gasteiger partial charge in [-0.05, 0) is 55.5 Å². The van der Waals surface area contributed by atoms with Crippen molar-refractivity contribution < 1.29 is 22.8 Å². The van der Waals surface area contributed by atoms with Crippen molar-refractivity contribution in [3.05, 3.63) is 65.5 Å². The summed E-state index contributed by atoms with van der Waals surface area (Å²) in [7, 11) is 0. The number of piperazine rings is 1. The van der Waals surface area contributed by atoms with E-state index >= 15 is 0 Å². The maximum Gasteiger partial charge on any atom is 0.416 e. The monoisotopic (exact) mass is 513 g/mol. The number of halogens is 3. The van der Waals surface area contributed by atoms with Crippen LogP contribution in [0.3, 0.4) is 0 Å². The van der Waals surface area contributed by atoms with E-state index in [0.717, 1.165) is 24.5 Å². The molecular formula is C27H30F3N5O2. The minimum absolute atomic E-state index is 0.0155. The normalized spacial score (nSPS) is 19.5. The first kappa shape index (κ1) is 25.2. The van der Waals surface area contributed by atoms with Gasteiger partial charge in [0.25, 0.3) is 5.91 Å². The van der Waals surface area contributed by atoms with Crippen LogP contribution in [0.5, 0.6) is 0 Å². The number of carbonyl (C=O) groups is 2. The van der Waals surface area contributed by atoms with E-state index in [9.17, 15) is 22.8 Å². The van der Waals surface area contributed by atoms with Crippen LogP contribution in [0.2, 0.25) is 0 Å². The molecule has 2 aliphatic carbocycles. The average molecular weight is 514 g/mol. The number of benzene rings is 1. The molecule has 2 amide bonds. The van der Waals surface area contributed by atoms with E-state index in [1.54, 1.807) is 11.1 Å². The Kier molecular flexibility index (Phi) is 6.92. The van der Waals surface area contributed by atoms with Gasteiger partial charge in [-0.1, -0.05) is 25.0 Å². The number of aliphatic imine (C=N–C) groups is 1. The largest absolute Gasteiger partial charge is 0.416 e. The molecule has 0 spiro atoms. The summed E-state index contributed by atoms with van der Waals surface area (Å²) in [6.07, 6.45) is 2.00. The standard InChI is InChI=1S/C27H30F3N5O2/c28-27(29,30)21-5-3-4-20(18-21)24(36)35-16-14-34(15-17-35)23(22-6-1-2-12-31-22)33-26(10-11-26)25(37)32-13-9-19-7-8-19/h1-6,12,18-19H,7-11,13-17H2,(H,32,37). The molecule has 7 nitrogen and oxygen atoms in total. The lowest BCUT2D eigenvalue weighted by molar-refractivity contribution is -0.137. The molecule has 1 N–H and O–H groups in total. The molecule has 3 aliphatic rings. The Labute approximate surface area is 213 Å². The fourth-order valence-electron chi connectivity index (χ4n) is 4.59. The molecule has 2 aromatic rings. The Morgan fingerprint density at radius 3 is 2.38 bits per heavy atom. The quantitative estimate of drug-likeness (QED) is 0.452. The summed E-state index contributed by atoms with van der Waals surface area (Å²) in [5.41, 5.74) is -0.966. The van der Waals surface area contributed by atoms with E-state index in [2.05, 4.69) is 10.3 Å². The zero-order valence-corrected chi connectivity index (χ0v) is 20.5. The molecule has 1 saturated heterocycles. The molecule has 10 heteroatoms. The van der Waals surface area contributed by atoms with E-state index in [4.69, 9.17) is 4.99 Å². The lowest BCUT2D eigenvalue weighted by atomic mass is 10.1. The molecule has 0 radical (unpaired) electrons. The minimum atomic E-state index is -4.51. The first-order valence-corrected chi connectivity index (χ1v) is 12.8. The molecule has 1 aliphatic heterocycles. The third-order valence-electron chi connectivity index (χ3n) is 7.20. The van der Waals surface area contributed by atoms with E-state index in [1.165, 1.54) is 25.0 Å². The fourth-order valence-corrected chi connectivity index (χ4v) is 4.59. The van der Waals surface area contributed by atoms with Crippen LogP contribution in [0.4, 0.5) is 13.2 Å². The number of nitrogens with zero attached hydrogens (tertiary/aromatic N) is 4. The molecule has 2 heterocycles. The van der Waals surface area contributed by atoms with Crippen LogP contribution in [0, 0.1) is 5.92 Å². The predicted octanol–water partition coefficient (Wildman–Crippen LogP) is 3.75. The Balaban J connectivity index is 1.29. The highest BCUT2D eigenvalue weighted by Crippen LogP contribution is 2.41. The van der Waals surface area contributed by atoms with Gasteiger partial charge in [0.05, 0.1) is 5.56 Å². The molecular weight excluding hydrogens is 483 g/mol. The van der Waals surface area contributed by atoms with E-state index in [-0.39, 0.29) is 11.5 Å². The highest BCUT2D eigenvalue weighted by molar-refractivity contribution is 6.01. The van der Waals surface area contributed by atoms with Gasteiger partial charge in [0.1, 0.15) is 11.2 Å². The molecule has 5 rings (SSSR count). The van der Waals surface area contributed by atoms with Crippen LogP contribution in [0.15, 0.2) is 53.7 Å². The van der Waals surface area contributed by atoms with Crippen LogP contribution in [-0.2, 0) is 11.0 Å². The van der Waals surface area contributed by atoms with Crippen molar-refractivity contribution >= 4 is 17.6 Å². The second-order valence-electron chi connectivity index (χ2n) is 10.0. The summed E-state index contributed by atoms with van der Waals surface area (Å²) >= 11 is 0. The van der Waals surface area contributed by atoms with Crippen LogP contribution >= 0.6 is 0 Å². The van der Waals surface area contributed by atoms with Gasteiger partial charge in [0.2, 0.25) is 5.91 Å². The molecule has 0 bridgehead atoms. The van der Waals surface area contributed by atoms with Crippen molar-refractivity contribution in [3.8, 4) is 0 Å². The Bertz CT molecular complexity index is 1170. The first-order valence-electron chi connectivity index (χ1n) is 12.8. The van der Waals surface area contributed by atoms with Crippen molar-refractivity contribution in [1.29, 1.82) is 0 Å². The number of amidine groups is 1. The maximum absolute atomic E-state index is 13.1. The van der Waals surface area contributed by atoms with Gasteiger partial charge in [0, 0.05) is 44.5 Å². The highest BCUT2D eigenvalue weighted by atomic mass is 19.4. The molecule has 196 valence electrons. The van der Waals surface area contributed by atoms with Gasteiger partial charge in [0.15, 0.2) is 5.84 Å². The average Bonchev–Trinajstić information content (AvgIpc) is 3.84. The summed E-state index contributed by atoms with van der Waals surface area (Å²) in [4.78, 5) is 38.9. The lowest BCUT2D eigenvalue weighted by Crippen LogP contribution is -2.51. The summed E-state index contributed by atoms with van der Waals surface area (Å²) in [5.74, 6) is 0.857. The van der Waals surface area contributed by atoms with E-state index < -0.39 is 23.2 Å². The molecule has 0 unspecified atom stereocenters. The minimum Gasteiger partial charge on any atom is -0.354 e. The first-order chi connectivity index (χ1) is 17.7. The Morgan fingerprint density at radius 2 is 1.76 bits per heavy atom. The molecule has 0 atom stereocenters. The van der Waals surface area contributed by atoms with Gasteiger partial charge >= 0.3 is 6.18 Å². The van der Waals surface area contributed by atoms with Gasteiger partial charge in [-0.2, -0.15) is 13.2 Å². The maximum atomic E-state index is 13.1. The number of hydrogen-bond donors (Lipinski definition) is 1. The number of nitrogens with one attached hydrogen (secondary N) is 1. The number of aromatic nitrogens is 1. The number of hydrogen-bond acceptors (Lipinski definition) is 4. The van der Waals surface area contributed by atoms with Gasteiger partial charge in [-0.3, -0.25) is 14.6 Å². The second kappa shape index (κ2) is 10.1. The van der Waals surface area contributed by atoms with Crippen LogP contribution in [0.1, 0.15) is 53.7 Å². The van der Waals surface area contributed by atoms with Gasteiger partial charge in [-0.15, -0.1) is 0 Å². The van der Waals surface area contributed by atoms with Gasteiger partial charge < -0.3 is 15.1 Å². The molecule has 37 heavy (non-hydrogen) atoms. The number of carbonyl (C=O) groups excluding carboxylic acids is 2. The van der Waals surface area contributed by atoms with Crippen molar-refractivity contribution in [3.63, 3.8) is 0 Å². The lowest BCUT2D eigenvalue weighted by Gasteiger charge is -2.37. The number of amides is 2. The van der Waals surface area contributed by atoms with Crippen molar-refractivity contribution in [2.75, 3.05) is 32.7 Å². The van der Waals surface area contributed by atoms with E-state index in [1.807, 2.05) is 23.1 Å². The van der Waals surface area contributed by atoms with Crippen molar-refractivity contribution in [2.24, 2.45) is 10.9 Å². The van der Waals surface area contributed by atoms with Crippen LogP contribution < -0.4 is 5.32 Å². The number of alkyl halides is 3. The van der Waals surface area contributed by atoms with Crippen LogP contribution in [0.25, 0.3) is 0 Å². The van der Waals surface area contributed by atoms with Gasteiger partial charge in [-0.25, -0.2) is 4.99 Å². The summed E-state index contributed by atoms with van der Waals surface area (Å²) in [6, 6.07) is 10.0. The smallest absolute Gasteiger partial charge is 0.354 e. The number of rotatable bonds is 7. The SMILES string of the molecule is O=C(c1cccc(C(F)(F)F)c1)N1CCN(C(=NC2(C(=O)NCCC3CC3)CC2)c2ccccn2)CC1. The predicted molar refractivity (Wildman–Crippen MR) is 132 cm³/mol. The molecule has 1 aromatic carbocycles. The second-order valence-corrected chi connectivity index (χ2v) is 10.0. The summed E-state index contributed by atoms with van der Waals surface area (Å²) in [5, 5.41) is 3.05. The third-order valence-corrected chi connectivity index (χ3v) is 7.20. The third kappa shape index (κ3) is 5.94. The van der Waals surface area contributed by atoms with E-state index in [0.29, 0.717) is 57.1 Å². The topological polar surface area (TPSA) is 77.9 Å². The molecule has 1 aromatic heterocycles. The zero-order valence-electron chi connectivity index (χ0n) is 20.5. The Morgan fingerprint density at radius 1 is 1.03 bits per heavy atom. The zero-order chi connectivity index (χ0) is 26.0. The van der Waals surface area contributed by atoms with Crippen molar-refractivity contribution in [1.82, 2.24) is 20.1 Å².